The molecular weight excluding hydrogens is 389 g/mol. The molecule has 0 saturated heterocycles. The quantitative estimate of drug-likeness (QED) is 0.696. The van der Waals surface area contributed by atoms with Crippen molar-refractivity contribution in [2.75, 3.05) is 10.7 Å². The third kappa shape index (κ3) is 3.63. The summed E-state index contributed by atoms with van der Waals surface area (Å²) in [4.78, 5) is 13.0. The SMILES string of the molecule is Cc1nnc2n1N[C@H](c1ccc(F)cc1)[C@H](C(=O)Nc1cccc(Cl)c1)S2. The number of hydrogen-bond donors (Lipinski definition) is 2. The molecule has 2 heterocycles. The number of anilines is 1. The van der Waals surface area contributed by atoms with Gasteiger partial charge in [0.05, 0.1) is 6.04 Å². The van der Waals surface area contributed by atoms with E-state index in [4.69, 9.17) is 11.6 Å². The molecule has 4 rings (SSSR count). The highest BCUT2D eigenvalue weighted by atomic mass is 35.5. The standard InChI is InChI=1S/C18H15ClFN5OS/c1-10-22-23-18-25(10)24-15(11-5-7-13(20)8-6-11)16(27-18)17(26)21-14-4-2-3-12(19)9-14/h2-9,15-16,24H,1H3,(H,21,26)/t15-,16-/m1/s1. The first-order valence-electron chi connectivity index (χ1n) is 8.18. The lowest BCUT2D eigenvalue weighted by atomic mass is 10.0. The van der Waals surface area contributed by atoms with Crippen LogP contribution in [0, 0.1) is 12.7 Å². The summed E-state index contributed by atoms with van der Waals surface area (Å²) in [7, 11) is 0. The van der Waals surface area contributed by atoms with Crippen molar-refractivity contribution in [3.05, 3.63) is 70.8 Å². The van der Waals surface area contributed by atoms with Crippen molar-refractivity contribution in [2.24, 2.45) is 0 Å². The molecule has 2 N–H and O–H groups in total. The molecule has 3 aromatic rings. The molecule has 0 radical (unpaired) electrons. The highest BCUT2D eigenvalue weighted by Crippen LogP contribution is 2.37. The second-order valence-electron chi connectivity index (χ2n) is 6.06. The molecule has 0 aliphatic carbocycles. The average Bonchev–Trinajstić information content (AvgIpc) is 3.02. The Labute approximate surface area is 164 Å². The molecule has 2 atom stereocenters. The van der Waals surface area contributed by atoms with E-state index in [1.54, 1.807) is 41.1 Å². The normalized spacial score (nSPS) is 18.5. The van der Waals surface area contributed by atoms with Gasteiger partial charge in [-0.2, -0.15) is 0 Å². The predicted octanol–water partition coefficient (Wildman–Crippen LogP) is 3.78. The number of carbonyl (C=O) groups excluding carboxylic acids is 1. The Bertz CT molecular complexity index is 994. The van der Waals surface area contributed by atoms with Crippen molar-refractivity contribution in [3.63, 3.8) is 0 Å². The fourth-order valence-corrected chi connectivity index (χ4v) is 4.18. The summed E-state index contributed by atoms with van der Waals surface area (Å²) in [5, 5.41) is 11.6. The van der Waals surface area contributed by atoms with Crippen LogP contribution in [0.15, 0.2) is 53.7 Å². The highest BCUT2D eigenvalue weighted by Gasteiger charge is 2.37. The fourth-order valence-electron chi connectivity index (χ4n) is 2.86. The van der Waals surface area contributed by atoms with E-state index < -0.39 is 11.3 Å². The van der Waals surface area contributed by atoms with Crippen molar-refractivity contribution >= 4 is 35.0 Å². The molecule has 1 aliphatic heterocycles. The molecule has 0 unspecified atom stereocenters. The van der Waals surface area contributed by atoms with Gasteiger partial charge in [0.2, 0.25) is 11.1 Å². The predicted molar refractivity (Wildman–Crippen MR) is 103 cm³/mol. The number of nitrogens with one attached hydrogen (secondary N) is 2. The third-order valence-corrected chi connectivity index (χ3v) is 5.63. The largest absolute Gasteiger partial charge is 0.325 e. The summed E-state index contributed by atoms with van der Waals surface area (Å²) in [6, 6.07) is 12.6. The molecule has 1 aliphatic rings. The minimum atomic E-state index is -0.537. The van der Waals surface area contributed by atoms with Gasteiger partial charge in [-0.15, -0.1) is 10.2 Å². The van der Waals surface area contributed by atoms with Crippen LogP contribution in [0.2, 0.25) is 5.02 Å². The second kappa shape index (κ2) is 7.21. The van der Waals surface area contributed by atoms with Gasteiger partial charge in [0.1, 0.15) is 16.9 Å². The van der Waals surface area contributed by atoms with Crippen LogP contribution < -0.4 is 10.7 Å². The van der Waals surface area contributed by atoms with Crippen LogP contribution in [0.4, 0.5) is 10.1 Å². The number of benzene rings is 2. The van der Waals surface area contributed by atoms with Crippen molar-refractivity contribution in [1.82, 2.24) is 14.9 Å². The molecule has 0 saturated carbocycles. The lowest BCUT2D eigenvalue weighted by molar-refractivity contribution is -0.116. The number of amides is 1. The van der Waals surface area contributed by atoms with Gasteiger partial charge in [0.25, 0.3) is 0 Å². The number of fused-ring (bicyclic) bond motifs is 1. The van der Waals surface area contributed by atoms with Crippen molar-refractivity contribution in [2.45, 2.75) is 23.4 Å². The van der Waals surface area contributed by atoms with Gasteiger partial charge in [-0.3, -0.25) is 4.79 Å². The van der Waals surface area contributed by atoms with Gasteiger partial charge in [0, 0.05) is 10.7 Å². The summed E-state index contributed by atoms with van der Waals surface area (Å²) in [5.41, 5.74) is 4.66. The van der Waals surface area contributed by atoms with Gasteiger partial charge in [0.15, 0.2) is 0 Å². The van der Waals surface area contributed by atoms with Gasteiger partial charge in [-0.05, 0) is 42.8 Å². The minimum Gasteiger partial charge on any atom is -0.325 e. The van der Waals surface area contributed by atoms with E-state index in [1.165, 1.54) is 23.9 Å². The molecule has 1 aromatic heterocycles. The monoisotopic (exact) mass is 403 g/mol. The van der Waals surface area contributed by atoms with Crippen molar-refractivity contribution in [3.8, 4) is 0 Å². The number of thioether (sulfide) groups is 1. The van der Waals surface area contributed by atoms with E-state index in [0.717, 1.165) is 5.56 Å². The zero-order valence-electron chi connectivity index (χ0n) is 14.2. The summed E-state index contributed by atoms with van der Waals surface area (Å²) in [5.74, 6) is 0.137. The van der Waals surface area contributed by atoms with Crippen LogP contribution >= 0.6 is 23.4 Å². The van der Waals surface area contributed by atoms with E-state index in [1.807, 2.05) is 6.92 Å². The number of aryl methyl sites for hydroxylation is 1. The summed E-state index contributed by atoms with van der Waals surface area (Å²) in [6.45, 7) is 1.82. The minimum absolute atomic E-state index is 0.212. The topological polar surface area (TPSA) is 71.8 Å². The maximum absolute atomic E-state index is 13.3. The number of hydrogen-bond acceptors (Lipinski definition) is 5. The van der Waals surface area contributed by atoms with Crippen LogP contribution in [0.3, 0.4) is 0 Å². The Hall–Kier alpha value is -2.58. The highest BCUT2D eigenvalue weighted by molar-refractivity contribution is 8.00. The van der Waals surface area contributed by atoms with Crippen LogP contribution in [0.5, 0.6) is 0 Å². The van der Waals surface area contributed by atoms with E-state index in [9.17, 15) is 9.18 Å². The second-order valence-corrected chi connectivity index (χ2v) is 7.61. The number of rotatable bonds is 3. The molecule has 1 amide bonds. The van der Waals surface area contributed by atoms with Crippen LogP contribution in [-0.4, -0.2) is 26.0 Å². The number of halogens is 2. The number of carbonyl (C=O) groups is 1. The Morgan fingerprint density at radius 3 is 2.78 bits per heavy atom. The molecule has 9 heteroatoms. The zero-order chi connectivity index (χ0) is 19.0. The molecule has 2 aromatic carbocycles. The molecule has 6 nitrogen and oxygen atoms in total. The summed E-state index contributed by atoms with van der Waals surface area (Å²) < 4.78 is 15.1. The summed E-state index contributed by atoms with van der Waals surface area (Å²) >= 11 is 7.30. The molecule has 0 bridgehead atoms. The lowest BCUT2D eigenvalue weighted by Gasteiger charge is -2.32. The van der Waals surface area contributed by atoms with Crippen molar-refractivity contribution < 1.29 is 9.18 Å². The molecule has 27 heavy (non-hydrogen) atoms. The molecule has 138 valence electrons. The zero-order valence-corrected chi connectivity index (χ0v) is 15.8. The Morgan fingerprint density at radius 2 is 2.04 bits per heavy atom. The molecule has 0 spiro atoms. The maximum atomic E-state index is 13.3. The number of aromatic nitrogens is 3. The first-order valence-corrected chi connectivity index (χ1v) is 9.44. The Balaban J connectivity index is 1.66. The maximum Gasteiger partial charge on any atom is 0.240 e. The Morgan fingerprint density at radius 1 is 1.26 bits per heavy atom. The van der Waals surface area contributed by atoms with E-state index in [0.29, 0.717) is 21.7 Å². The first kappa shape index (κ1) is 17.8. The van der Waals surface area contributed by atoms with Gasteiger partial charge >= 0.3 is 0 Å². The molecule has 0 fully saturated rings. The van der Waals surface area contributed by atoms with Crippen molar-refractivity contribution in [1.29, 1.82) is 0 Å². The van der Waals surface area contributed by atoms with E-state index >= 15 is 0 Å². The average molecular weight is 404 g/mol. The van der Waals surface area contributed by atoms with Gasteiger partial charge < -0.3 is 10.7 Å². The lowest BCUT2D eigenvalue weighted by Crippen LogP contribution is -2.41. The van der Waals surface area contributed by atoms with E-state index in [-0.39, 0.29) is 11.7 Å². The summed E-state index contributed by atoms with van der Waals surface area (Å²) in [6.07, 6.45) is 0. The Kier molecular flexibility index (Phi) is 4.75. The number of nitrogens with zero attached hydrogens (tertiary/aromatic N) is 3. The van der Waals surface area contributed by atoms with Gasteiger partial charge in [-0.25, -0.2) is 9.07 Å². The van der Waals surface area contributed by atoms with Gasteiger partial charge in [-0.1, -0.05) is 41.6 Å². The molecular formula is C18H15ClFN5OS. The fraction of sp³-hybridized carbons (Fsp3) is 0.167. The first-order chi connectivity index (χ1) is 13.0. The third-order valence-electron chi connectivity index (χ3n) is 4.18. The van der Waals surface area contributed by atoms with Crippen LogP contribution in [-0.2, 0) is 4.79 Å². The smallest absolute Gasteiger partial charge is 0.240 e. The van der Waals surface area contributed by atoms with E-state index in [2.05, 4.69) is 20.9 Å². The van der Waals surface area contributed by atoms with Crippen LogP contribution in [0.25, 0.3) is 0 Å². The van der Waals surface area contributed by atoms with Crippen LogP contribution in [0.1, 0.15) is 17.4 Å².